The second kappa shape index (κ2) is 10.8. The molecule has 0 atom stereocenters. The molecule has 174 valence electrons. The molecule has 0 saturated heterocycles. The van der Waals surface area contributed by atoms with Crippen LogP contribution in [-0.4, -0.2) is 16.2 Å². The van der Waals surface area contributed by atoms with E-state index in [1.54, 1.807) is 48.5 Å². The van der Waals surface area contributed by atoms with Gasteiger partial charge in [-0.25, -0.2) is 14.8 Å². The lowest BCUT2D eigenvalue weighted by atomic mass is 10.1. The molecule has 7 nitrogen and oxygen atoms in total. The number of aromatic nitrogens is 2. The van der Waals surface area contributed by atoms with E-state index in [1.165, 1.54) is 18.3 Å². The molecule has 0 aliphatic heterocycles. The largest absolute Gasteiger partial charge is 0.488 e. The first kappa shape index (κ1) is 24.0. The fourth-order valence-electron chi connectivity index (χ4n) is 3.17. The van der Waals surface area contributed by atoms with Crippen molar-refractivity contribution in [2.24, 2.45) is 5.10 Å². The van der Waals surface area contributed by atoms with Gasteiger partial charge in [0.15, 0.2) is 0 Å². The number of ether oxygens (including phenoxy) is 1. The lowest BCUT2D eigenvalue weighted by Crippen LogP contribution is -2.16. The topological polar surface area (TPSA) is 103 Å². The Kier molecular flexibility index (Phi) is 7.41. The van der Waals surface area contributed by atoms with Crippen LogP contribution in [0.4, 0.5) is 10.3 Å². The molecule has 0 aliphatic carbocycles. The van der Waals surface area contributed by atoms with Crippen molar-refractivity contribution in [3.63, 3.8) is 0 Å². The number of anilines is 1. The quantitative estimate of drug-likeness (QED) is 0.243. The highest BCUT2D eigenvalue weighted by Gasteiger charge is 2.13. The average molecular weight is 508 g/mol. The van der Waals surface area contributed by atoms with Crippen molar-refractivity contribution in [3.8, 4) is 23.1 Å². The molecular formula is C25H16Cl2FN5O2. The lowest BCUT2D eigenvalue weighted by Gasteiger charge is -2.11. The van der Waals surface area contributed by atoms with Crippen LogP contribution < -0.4 is 15.7 Å². The number of nitriles is 1. The second-order valence-electron chi connectivity index (χ2n) is 7.16. The van der Waals surface area contributed by atoms with Gasteiger partial charge < -0.3 is 4.74 Å². The summed E-state index contributed by atoms with van der Waals surface area (Å²) in [5.74, 6) is -0.0642. The van der Waals surface area contributed by atoms with Crippen LogP contribution in [0.5, 0.6) is 5.75 Å². The number of hydrogen-bond donors (Lipinski definition) is 2. The van der Waals surface area contributed by atoms with Gasteiger partial charge in [0.25, 0.3) is 5.56 Å². The predicted octanol–water partition coefficient (Wildman–Crippen LogP) is 5.78. The molecular weight excluding hydrogens is 492 g/mol. The third-order valence-corrected chi connectivity index (χ3v) is 5.45. The van der Waals surface area contributed by atoms with Gasteiger partial charge in [-0.15, -0.1) is 0 Å². The maximum atomic E-state index is 14.1. The Hall–Kier alpha value is -4.19. The maximum absolute atomic E-state index is 14.1. The van der Waals surface area contributed by atoms with Crippen LogP contribution in [0.15, 0.2) is 76.6 Å². The number of rotatable bonds is 7. The zero-order valence-electron chi connectivity index (χ0n) is 17.9. The number of H-pyrrole nitrogens is 1. The van der Waals surface area contributed by atoms with Crippen molar-refractivity contribution in [2.45, 2.75) is 6.61 Å². The Balaban J connectivity index is 1.57. The van der Waals surface area contributed by atoms with Crippen LogP contribution in [0.3, 0.4) is 0 Å². The predicted molar refractivity (Wildman–Crippen MR) is 133 cm³/mol. The van der Waals surface area contributed by atoms with Gasteiger partial charge in [-0.1, -0.05) is 59.6 Å². The van der Waals surface area contributed by atoms with Crippen LogP contribution in [-0.2, 0) is 6.61 Å². The highest BCUT2D eigenvalue weighted by molar-refractivity contribution is 6.31. The van der Waals surface area contributed by atoms with E-state index in [0.29, 0.717) is 21.9 Å². The maximum Gasteiger partial charge on any atom is 0.270 e. The standard InChI is InChI=1S/C25H16Cl2FN5O2/c26-17-9-10-22(35-14-19-20(27)7-4-8-21(19)28)16(11-17)13-30-33-25-31-23(15-5-2-1-3-6-15)18(12-29)24(34)32-25/h1-11,13H,14H2,(H2,31,32,33,34). The third kappa shape index (κ3) is 5.66. The highest BCUT2D eigenvalue weighted by atomic mass is 35.5. The number of aromatic amines is 1. The van der Waals surface area contributed by atoms with Gasteiger partial charge in [0.2, 0.25) is 5.95 Å². The molecule has 2 N–H and O–H groups in total. The average Bonchev–Trinajstić information content (AvgIpc) is 2.85. The molecule has 35 heavy (non-hydrogen) atoms. The van der Waals surface area contributed by atoms with Gasteiger partial charge >= 0.3 is 0 Å². The van der Waals surface area contributed by atoms with Crippen molar-refractivity contribution in [3.05, 3.63) is 110 Å². The number of nitrogens with one attached hydrogen (secondary N) is 2. The molecule has 3 aromatic carbocycles. The minimum Gasteiger partial charge on any atom is -0.488 e. The van der Waals surface area contributed by atoms with E-state index in [9.17, 15) is 14.4 Å². The number of hydrazone groups is 1. The fourth-order valence-corrected chi connectivity index (χ4v) is 3.57. The molecule has 1 heterocycles. The molecule has 10 heteroatoms. The Morgan fingerprint density at radius 1 is 1.14 bits per heavy atom. The Bertz CT molecular complexity index is 1480. The summed E-state index contributed by atoms with van der Waals surface area (Å²) in [4.78, 5) is 19.2. The first-order chi connectivity index (χ1) is 17.0. The number of halogens is 3. The van der Waals surface area contributed by atoms with Crippen LogP contribution in [0.25, 0.3) is 11.3 Å². The SMILES string of the molecule is N#Cc1c(-c2ccccc2)nc(NN=Cc2cc(Cl)ccc2OCc2c(F)cccc2Cl)[nH]c1=O. The Morgan fingerprint density at radius 3 is 2.69 bits per heavy atom. The van der Waals surface area contributed by atoms with Crippen LogP contribution in [0.2, 0.25) is 10.0 Å². The van der Waals surface area contributed by atoms with Crippen LogP contribution >= 0.6 is 23.2 Å². The van der Waals surface area contributed by atoms with Gasteiger partial charge in [-0.2, -0.15) is 10.4 Å². The molecule has 0 spiro atoms. The molecule has 0 bridgehead atoms. The molecule has 4 aromatic rings. The minimum absolute atomic E-state index is 0.0340. The van der Waals surface area contributed by atoms with Crippen molar-refractivity contribution < 1.29 is 9.13 Å². The number of hydrogen-bond acceptors (Lipinski definition) is 6. The van der Waals surface area contributed by atoms with Gasteiger partial charge in [-0.05, 0) is 30.3 Å². The van der Waals surface area contributed by atoms with E-state index < -0.39 is 11.4 Å². The van der Waals surface area contributed by atoms with E-state index in [0.717, 1.165) is 0 Å². The summed E-state index contributed by atoms with van der Waals surface area (Å²) in [6.45, 7) is -0.105. The molecule has 4 rings (SSSR count). The summed E-state index contributed by atoms with van der Waals surface area (Å²) >= 11 is 12.2. The van der Waals surface area contributed by atoms with Crippen LogP contribution in [0, 0.1) is 17.1 Å². The first-order valence-electron chi connectivity index (χ1n) is 10.2. The van der Waals surface area contributed by atoms with E-state index >= 15 is 0 Å². The second-order valence-corrected chi connectivity index (χ2v) is 8.00. The molecule has 0 radical (unpaired) electrons. The van der Waals surface area contributed by atoms with Gasteiger partial charge in [0.05, 0.1) is 16.9 Å². The van der Waals surface area contributed by atoms with Crippen molar-refractivity contribution in [2.75, 3.05) is 5.43 Å². The Labute approximate surface area is 209 Å². The fraction of sp³-hybridized carbons (Fsp3) is 0.0400. The van der Waals surface area contributed by atoms with Crippen LogP contribution in [0.1, 0.15) is 16.7 Å². The summed E-state index contributed by atoms with van der Waals surface area (Å²) in [5, 5.41) is 14.2. The molecule has 1 aromatic heterocycles. The van der Waals surface area contributed by atoms with E-state index in [-0.39, 0.29) is 34.4 Å². The smallest absolute Gasteiger partial charge is 0.270 e. The summed E-state index contributed by atoms with van der Waals surface area (Å²) in [7, 11) is 0. The molecule has 0 amide bonds. The Morgan fingerprint density at radius 2 is 1.94 bits per heavy atom. The van der Waals surface area contributed by atoms with Crippen molar-refractivity contribution >= 4 is 35.4 Å². The van der Waals surface area contributed by atoms with Gasteiger partial charge in [-0.3, -0.25) is 9.78 Å². The normalized spacial score (nSPS) is 10.8. The monoisotopic (exact) mass is 507 g/mol. The summed E-state index contributed by atoms with van der Waals surface area (Å²) in [6, 6.07) is 20.0. The summed E-state index contributed by atoms with van der Waals surface area (Å²) < 4.78 is 19.8. The van der Waals surface area contributed by atoms with Crippen molar-refractivity contribution in [1.82, 2.24) is 9.97 Å². The number of benzene rings is 3. The summed E-state index contributed by atoms with van der Waals surface area (Å²) in [5.41, 5.74) is 3.47. The number of nitrogens with zero attached hydrogens (tertiary/aromatic N) is 3. The van der Waals surface area contributed by atoms with E-state index in [2.05, 4.69) is 20.5 Å². The van der Waals surface area contributed by atoms with Gasteiger partial charge in [0.1, 0.15) is 29.8 Å². The lowest BCUT2D eigenvalue weighted by molar-refractivity contribution is 0.299. The van der Waals surface area contributed by atoms with E-state index in [4.69, 9.17) is 27.9 Å². The first-order valence-corrected chi connectivity index (χ1v) is 11.0. The van der Waals surface area contributed by atoms with Gasteiger partial charge in [0, 0.05) is 21.7 Å². The van der Waals surface area contributed by atoms with Crippen molar-refractivity contribution in [1.29, 1.82) is 5.26 Å². The molecule has 0 fully saturated rings. The molecule has 0 saturated carbocycles. The third-order valence-electron chi connectivity index (χ3n) is 4.86. The zero-order chi connectivity index (χ0) is 24.8. The molecule has 0 unspecified atom stereocenters. The molecule has 0 aliphatic rings. The zero-order valence-corrected chi connectivity index (χ0v) is 19.4. The minimum atomic E-state index is -0.604. The highest BCUT2D eigenvalue weighted by Crippen LogP contribution is 2.25. The van der Waals surface area contributed by atoms with E-state index in [1.807, 2.05) is 12.1 Å². The summed E-state index contributed by atoms with van der Waals surface area (Å²) in [6.07, 6.45) is 1.41.